The Morgan fingerprint density at radius 2 is 2.07 bits per heavy atom. The first-order chi connectivity index (χ1) is 13.8. The maximum Gasteiger partial charge on any atom is 0.191 e. The van der Waals surface area contributed by atoms with Crippen molar-refractivity contribution in [1.82, 2.24) is 10.6 Å². The minimum absolute atomic E-state index is 0. The summed E-state index contributed by atoms with van der Waals surface area (Å²) in [6.45, 7) is 1.43. The van der Waals surface area contributed by atoms with Gasteiger partial charge in [-0.05, 0) is 55.3 Å². The van der Waals surface area contributed by atoms with Gasteiger partial charge in [0.05, 0.1) is 19.9 Å². The van der Waals surface area contributed by atoms with Crippen LogP contribution in [0.25, 0.3) is 0 Å². The first kappa shape index (κ1) is 23.9. The van der Waals surface area contributed by atoms with Gasteiger partial charge < -0.3 is 19.8 Å². The Morgan fingerprint density at radius 1 is 1.24 bits per heavy atom. The van der Waals surface area contributed by atoms with Crippen LogP contribution < -0.4 is 15.4 Å². The molecule has 1 heterocycles. The normalized spacial score (nSPS) is 19.3. The number of nitrogens with one attached hydrogen (secondary N) is 2. The van der Waals surface area contributed by atoms with Crippen LogP contribution in [0.1, 0.15) is 37.0 Å². The molecule has 1 aromatic heterocycles. The molecule has 160 valence electrons. The number of halogens is 1. The molecule has 1 aromatic carbocycles. The van der Waals surface area contributed by atoms with Crippen molar-refractivity contribution >= 4 is 41.7 Å². The highest BCUT2D eigenvalue weighted by Gasteiger charge is 2.22. The highest BCUT2D eigenvalue weighted by atomic mass is 127. The van der Waals surface area contributed by atoms with E-state index in [-0.39, 0.29) is 24.0 Å². The molecule has 1 aliphatic rings. The summed E-state index contributed by atoms with van der Waals surface area (Å²) in [4.78, 5) is 4.83. The van der Waals surface area contributed by atoms with Gasteiger partial charge in [-0.15, -0.1) is 24.0 Å². The Hall–Kier alpha value is -1.35. The summed E-state index contributed by atoms with van der Waals surface area (Å²) in [5.41, 5.74) is 1.17. The van der Waals surface area contributed by atoms with E-state index in [0.29, 0.717) is 12.6 Å². The zero-order valence-corrected chi connectivity index (χ0v) is 20.4. The van der Waals surface area contributed by atoms with Gasteiger partial charge >= 0.3 is 0 Å². The molecule has 0 radical (unpaired) electrons. The average molecular weight is 529 g/mol. The zero-order valence-electron chi connectivity index (χ0n) is 17.2. The van der Waals surface area contributed by atoms with E-state index in [2.05, 4.69) is 29.0 Å². The Bertz CT molecular complexity index is 722. The van der Waals surface area contributed by atoms with Gasteiger partial charge in [-0.1, -0.05) is 18.6 Å². The van der Waals surface area contributed by atoms with Crippen molar-refractivity contribution in [3.05, 3.63) is 54.0 Å². The third-order valence-corrected chi connectivity index (χ3v) is 6.22. The van der Waals surface area contributed by atoms with Crippen LogP contribution in [0.5, 0.6) is 5.75 Å². The van der Waals surface area contributed by atoms with Crippen molar-refractivity contribution in [1.29, 1.82) is 0 Å². The lowest BCUT2D eigenvalue weighted by molar-refractivity contribution is 0.414. The molecule has 0 amide bonds. The van der Waals surface area contributed by atoms with Gasteiger partial charge in [0.15, 0.2) is 5.96 Å². The fourth-order valence-corrected chi connectivity index (χ4v) is 4.32. The third kappa shape index (κ3) is 8.12. The number of ether oxygens (including phenoxy) is 1. The van der Waals surface area contributed by atoms with Crippen LogP contribution in [0.2, 0.25) is 0 Å². The quantitative estimate of drug-likeness (QED) is 0.291. The number of aliphatic imine (C=N–C) groups is 1. The van der Waals surface area contributed by atoms with Gasteiger partial charge in [-0.3, -0.25) is 0 Å². The zero-order chi connectivity index (χ0) is 19.6. The van der Waals surface area contributed by atoms with Crippen LogP contribution in [0.3, 0.4) is 0 Å². The van der Waals surface area contributed by atoms with Crippen LogP contribution in [0.15, 0.2) is 52.1 Å². The van der Waals surface area contributed by atoms with Gasteiger partial charge in [0.2, 0.25) is 0 Å². The van der Waals surface area contributed by atoms with Crippen LogP contribution >= 0.6 is 35.7 Å². The second-order valence-electron chi connectivity index (χ2n) is 7.13. The predicted molar refractivity (Wildman–Crippen MR) is 133 cm³/mol. The molecule has 0 spiro atoms. The standard InChI is InChI=1S/C22H31N3O2S.HI/c1-26-19-10-8-17(9-11-19)16-24-22(23-13-12-20-6-4-14-27-20)25-18-5-3-7-21(15-18)28-2;/h4,6,8-11,14,18,21H,3,5,7,12-13,15-16H2,1-2H3,(H2,23,24,25);1H. The summed E-state index contributed by atoms with van der Waals surface area (Å²) >= 11 is 1.98. The molecule has 0 bridgehead atoms. The fraction of sp³-hybridized carbons (Fsp3) is 0.500. The van der Waals surface area contributed by atoms with Crippen LogP contribution in [-0.2, 0) is 13.0 Å². The summed E-state index contributed by atoms with van der Waals surface area (Å²) in [5.74, 6) is 2.74. The van der Waals surface area contributed by atoms with E-state index < -0.39 is 0 Å². The molecule has 0 saturated heterocycles. The number of furan rings is 1. The first-order valence-electron chi connectivity index (χ1n) is 10.00. The third-order valence-electron chi connectivity index (χ3n) is 5.12. The first-order valence-corrected chi connectivity index (χ1v) is 11.3. The maximum absolute atomic E-state index is 5.43. The number of rotatable bonds is 8. The van der Waals surface area contributed by atoms with E-state index in [9.17, 15) is 0 Å². The van der Waals surface area contributed by atoms with E-state index in [1.807, 2.05) is 36.0 Å². The molecule has 29 heavy (non-hydrogen) atoms. The van der Waals surface area contributed by atoms with Crippen molar-refractivity contribution < 1.29 is 9.15 Å². The molecule has 2 atom stereocenters. The van der Waals surface area contributed by atoms with Crippen LogP contribution in [0.4, 0.5) is 0 Å². The number of hydrogen-bond donors (Lipinski definition) is 2. The van der Waals surface area contributed by atoms with Gasteiger partial charge in [-0.25, -0.2) is 4.99 Å². The van der Waals surface area contributed by atoms with E-state index in [1.165, 1.54) is 31.2 Å². The number of hydrogen-bond acceptors (Lipinski definition) is 4. The molecule has 5 nitrogen and oxygen atoms in total. The lowest BCUT2D eigenvalue weighted by Crippen LogP contribution is -2.46. The highest BCUT2D eigenvalue weighted by molar-refractivity contribution is 14.0. The van der Waals surface area contributed by atoms with Gasteiger partial charge in [0.25, 0.3) is 0 Å². The number of guanidine groups is 1. The van der Waals surface area contributed by atoms with Crippen molar-refractivity contribution in [2.75, 3.05) is 19.9 Å². The Balaban J connectivity index is 0.00000300. The average Bonchev–Trinajstić information content (AvgIpc) is 3.26. The Labute approximate surface area is 195 Å². The number of nitrogens with zero attached hydrogens (tertiary/aromatic N) is 1. The van der Waals surface area contributed by atoms with E-state index in [1.54, 1.807) is 13.4 Å². The maximum atomic E-state index is 5.43. The Morgan fingerprint density at radius 3 is 2.76 bits per heavy atom. The summed E-state index contributed by atoms with van der Waals surface area (Å²) < 4.78 is 10.7. The molecule has 2 unspecified atom stereocenters. The largest absolute Gasteiger partial charge is 0.497 e. The van der Waals surface area contributed by atoms with Gasteiger partial charge in [0, 0.05) is 24.3 Å². The molecule has 1 fully saturated rings. The topological polar surface area (TPSA) is 58.8 Å². The molecule has 0 aliphatic heterocycles. The summed E-state index contributed by atoms with van der Waals surface area (Å²) in [6.07, 6.45) is 9.78. The molecule has 7 heteroatoms. The second kappa shape index (κ2) is 13.1. The predicted octanol–water partition coefficient (Wildman–Crippen LogP) is 4.86. The van der Waals surface area contributed by atoms with Crippen molar-refractivity contribution in [2.24, 2.45) is 4.99 Å². The SMILES string of the molecule is COc1ccc(CN=C(NCCc2ccco2)NC2CCCC(SC)C2)cc1.I. The van der Waals surface area contributed by atoms with Crippen molar-refractivity contribution in [3.8, 4) is 5.75 Å². The molecular weight excluding hydrogens is 497 g/mol. The Kier molecular flexibility index (Phi) is 10.8. The minimum Gasteiger partial charge on any atom is -0.497 e. The van der Waals surface area contributed by atoms with Crippen molar-refractivity contribution in [2.45, 2.75) is 49.9 Å². The number of methoxy groups -OCH3 is 1. The van der Waals surface area contributed by atoms with E-state index in [0.717, 1.165) is 35.7 Å². The second-order valence-corrected chi connectivity index (χ2v) is 8.27. The molecule has 2 aromatic rings. The lowest BCUT2D eigenvalue weighted by Gasteiger charge is -2.30. The van der Waals surface area contributed by atoms with Crippen molar-refractivity contribution in [3.63, 3.8) is 0 Å². The molecule has 1 aliphatic carbocycles. The van der Waals surface area contributed by atoms with Gasteiger partial charge in [-0.2, -0.15) is 11.8 Å². The lowest BCUT2D eigenvalue weighted by atomic mass is 9.95. The van der Waals surface area contributed by atoms with Crippen LogP contribution in [-0.4, -0.2) is 37.2 Å². The number of benzene rings is 1. The van der Waals surface area contributed by atoms with E-state index in [4.69, 9.17) is 14.1 Å². The number of thioether (sulfide) groups is 1. The summed E-state index contributed by atoms with van der Waals surface area (Å²) in [7, 11) is 1.68. The monoisotopic (exact) mass is 529 g/mol. The molecular formula is C22H32IN3O2S. The summed E-state index contributed by atoms with van der Waals surface area (Å²) in [6, 6.07) is 12.5. The highest BCUT2D eigenvalue weighted by Crippen LogP contribution is 2.26. The molecule has 3 rings (SSSR count). The van der Waals surface area contributed by atoms with E-state index >= 15 is 0 Å². The van der Waals surface area contributed by atoms with Gasteiger partial charge in [0.1, 0.15) is 11.5 Å². The molecule has 1 saturated carbocycles. The molecule has 2 N–H and O–H groups in total. The minimum atomic E-state index is 0. The summed E-state index contributed by atoms with van der Waals surface area (Å²) in [5, 5.41) is 7.89. The smallest absolute Gasteiger partial charge is 0.191 e. The fourth-order valence-electron chi connectivity index (χ4n) is 3.50. The van der Waals surface area contributed by atoms with Crippen LogP contribution in [0, 0.1) is 0 Å².